The van der Waals surface area contributed by atoms with E-state index in [1.807, 2.05) is 0 Å². The summed E-state index contributed by atoms with van der Waals surface area (Å²) in [5, 5.41) is 0. The normalized spacial score (nSPS) is 12.8. The van der Waals surface area contributed by atoms with Crippen LogP contribution in [0.3, 0.4) is 0 Å². The van der Waals surface area contributed by atoms with E-state index in [9.17, 15) is 13.2 Å². The Morgan fingerprint density at radius 2 is 1.84 bits per heavy atom. The minimum Gasteiger partial charge on any atom is -0.484 e. The summed E-state index contributed by atoms with van der Waals surface area (Å²) in [6, 6.07) is 10.9. The molecule has 0 atom stereocenters. The maximum atomic E-state index is 12.3. The molecule has 1 amide bonds. The van der Waals surface area contributed by atoms with Crippen molar-refractivity contribution in [3.63, 3.8) is 0 Å². The molecule has 1 aliphatic heterocycles. The average Bonchev–Trinajstić information content (AvgIpc) is 3.06. The minimum absolute atomic E-state index is 0.0830. The van der Waals surface area contributed by atoms with Crippen LogP contribution in [0.2, 0.25) is 0 Å². The van der Waals surface area contributed by atoms with Gasteiger partial charge in [0.1, 0.15) is 5.75 Å². The monoisotopic (exact) mass is 364 g/mol. The van der Waals surface area contributed by atoms with Crippen molar-refractivity contribution in [1.82, 2.24) is 4.72 Å². The van der Waals surface area contributed by atoms with Gasteiger partial charge in [-0.05, 0) is 42.0 Å². The Labute approximate surface area is 144 Å². The van der Waals surface area contributed by atoms with Crippen LogP contribution in [0.15, 0.2) is 47.4 Å². The van der Waals surface area contributed by atoms with Crippen molar-refractivity contribution in [2.75, 3.05) is 13.4 Å². The van der Waals surface area contributed by atoms with E-state index in [1.54, 1.807) is 18.2 Å². The molecule has 0 aromatic heterocycles. The van der Waals surface area contributed by atoms with Crippen molar-refractivity contribution in [3.8, 4) is 17.2 Å². The number of hydrogen-bond donors (Lipinski definition) is 2. The number of primary amides is 1. The molecule has 0 spiro atoms. The van der Waals surface area contributed by atoms with Crippen LogP contribution in [-0.4, -0.2) is 27.7 Å². The zero-order valence-corrected chi connectivity index (χ0v) is 13.9. The number of carbonyl (C=O) groups excluding carboxylic acids is 1. The highest BCUT2D eigenvalue weighted by Crippen LogP contribution is 2.32. The second kappa shape index (κ2) is 6.99. The molecule has 0 unspecified atom stereocenters. The summed E-state index contributed by atoms with van der Waals surface area (Å²) in [6.45, 7) is 0.00203. The predicted molar refractivity (Wildman–Crippen MR) is 87.7 cm³/mol. The third kappa shape index (κ3) is 4.20. The summed E-state index contributed by atoms with van der Waals surface area (Å²) in [7, 11) is -3.69. The van der Waals surface area contributed by atoms with E-state index in [0.717, 1.165) is 5.56 Å². The highest BCUT2D eigenvalue weighted by Gasteiger charge is 2.16. The molecule has 0 saturated carbocycles. The van der Waals surface area contributed by atoms with Crippen molar-refractivity contribution in [1.29, 1.82) is 0 Å². The van der Waals surface area contributed by atoms with Crippen LogP contribution in [0.25, 0.3) is 0 Å². The SMILES string of the molecule is NC(=O)COc1ccc(S(=O)(=O)NCc2ccc3c(c2)OCO3)cc1. The van der Waals surface area contributed by atoms with Gasteiger partial charge in [-0.15, -0.1) is 0 Å². The Kier molecular flexibility index (Phi) is 4.77. The summed E-state index contributed by atoms with van der Waals surface area (Å²) in [5.41, 5.74) is 5.73. The smallest absolute Gasteiger partial charge is 0.255 e. The van der Waals surface area contributed by atoms with Crippen LogP contribution in [0.5, 0.6) is 17.2 Å². The van der Waals surface area contributed by atoms with Gasteiger partial charge in [0.2, 0.25) is 16.8 Å². The maximum Gasteiger partial charge on any atom is 0.255 e. The molecule has 0 bridgehead atoms. The molecule has 0 radical (unpaired) electrons. The Hall–Kier alpha value is -2.78. The van der Waals surface area contributed by atoms with Crippen molar-refractivity contribution >= 4 is 15.9 Å². The lowest BCUT2D eigenvalue weighted by atomic mass is 10.2. The van der Waals surface area contributed by atoms with Gasteiger partial charge in [-0.25, -0.2) is 13.1 Å². The van der Waals surface area contributed by atoms with E-state index < -0.39 is 15.9 Å². The molecule has 1 aliphatic rings. The quantitative estimate of drug-likeness (QED) is 0.749. The molecule has 0 fully saturated rings. The summed E-state index contributed by atoms with van der Waals surface area (Å²) in [4.78, 5) is 10.7. The number of hydrogen-bond acceptors (Lipinski definition) is 6. The third-order valence-corrected chi connectivity index (χ3v) is 4.84. The molecule has 3 N–H and O–H groups in total. The number of rotatable bonds is 7. The fourth-order valence-electron chi connectivity index (χ4n) is 2.18. The van der Waals surface area contributed by atoms with E-state index in [-0.39, 0.29) is 24.8 Å². The first-order valence-electron chi connectivity index (χ1n) is 7.33. The fraction of sp³-hybridized carbons (Fsp3) is 0.188. The number of carbonyl (C=O) groups is 1. The molecular weight excluding hydrogens is 348 g/mol. The molecule has 2 aromatic rings. The number of nitrogens with two attached hydrogens (primary N) is 1. The third-order valence-electron chi connectivity index (χ3n) is 3.42. The fourth-order valence-corrected chi connectivity index (χ4v) is 3.20. The van der Waals surface area contributed by atoms with Crippen LogP contribution in [0.4, 0.5) is 0 Å². The number of sulfonamides is 1. The van der Waals surface area contributed by atoms with Gasteiger partial charge in [-0.1, -0.05) is 6.07 Å². The number of fused-ring (bicyclic) bond motifs is 1. The molecule has 25 heavy (non-hydrogen) atoms. The number of ether oxygens (including phenoxy) is 3. The Morgan fingerprint density at radius 1 is 1.12 bits per heavy atom. The second-order valence-corrected chi connectivity index (χ2v) is 7.01. The average molecular weight is 364 g/mol. The van der Waals surface area contributed by atoms with Crippen molar-refractivity contribution in [2.45, 2.75) is 11.4 Å². The van der Waals surface area contributed by atoms with Gasteiger partial charge in [0.15, 0.2) is 18.1 Å². The molecule has 8 nitrogen and oxygen atoms in total. The van der Waals surface area contributed by atoms with E-state index in [4.69, 9.17) is 19.9 Å². The molecule has 3 rings (SSSR count). The van der Waals surface area contributed by atoms with Crippen LogP contribution in [-0.2, 0) is 21.4 Å². The van der Waals surface area contributed by atoms with E-state index >= 15 is 0 Å². The summed E-state index contributed by atoms with van der Waals surface area (Å²) in [5.74, 6) is 0.974. The summed E-state index contributed by atoms with van der Waals surface area (Å²) >= 11 is 0. The molecule has 9 heteroatoms. The molecule has 1 heterocycles. The molecule has 0 saturated heterocycles. The summed E-state index contributed by atoms with van der Waals surface area (Å²) < 4.78 is 42.7. The Balaban J connectivity index is 1.64. The lowest BCUT2D eigenvalue weighted by Gasteiger charge is -2.09. The lowest BCUT2D eigenvalue weighted by Crippen LogP contribution is -2.23. The first-order valence-corrected chi connectivity index (χ1v) is 8.82. The van der Waals surface area contributed by atoms with E-state index in [2.05, 4.69) is 4.72 Å². The lowest BCUT2D eigenvalue weighted by molar-refractivity contribution is -0.119. The van der Waals surface area contributed by atoms with Gasteiger partial charge < -0.3 is 19.9 Å². The predicted octanol–water partition coefficient (Wildman–Crippen LogP) is 0.758. The van der Waals surface area contributed by atoms with E-state index in [1.165, 1.54) is 24.3 Å². The van der Waals surface area contributed by atoms with Gasteiger partial charge in [-0.2, -0.15) is 0 Å². The van der Waals surface area contributed by atoms with Crippen molar-refractivity contribution in [3.05, 3.63) is 48.0 Å². The van der Waals surface area contributed by atoms with Gasteiger partial charge in [0.25, 0.3) is 5.91 Å². The standard InChI is InChI=1S/C16H16N2O6S/c17-16(19)9-22-12-2-4-13(5-3-12)25(20,21)18-8-11-1-6-14-15(7-11)24-10-23-14/h1-7,18H,8-10H2,(H2,17,19). The molecular formula is C16H16N2O6S. The van der Waals surface area contributed by atoms with Crippen LogP contribution in [0, 0.1) is 0 Å². The van der Waals surface area contributed by atoms with Gasteiger partial charge >= 0.3 is 0 Å². The van der Waals surface area contributed by atoms with Gasteiger partial charge in [-0.3, -0.25) is 4.79 Å². The topological polar surface area (TPSA) is 117 Å². The first kappa shape index (κ1) is 17.1. The molecule has 0 aliphatic carbocycles. The molecule has 2 aromatic carbocycles. The zero-order chi connectivity index (χ0) is 17.9. The minimum atomic E-state index is -3.69. The number of benzene rings is 2. The maximum absolute atomic E-state index is 12.3. The largest absolute Gasteiger partial charge is 0.484 e. The first-order chi connectivity index (χ1) is 11.9. The number of nitrogens with one attached hydrogen (secondary N) is 1. The Bertz CT molecular complexity index is 880. The molecule has 132 valence electrons. The highest BCUT2D eigenvalue weighted by atomic mass is 32.2. The van der Waals surface area contributed by atoms with Crippen LogP contribution in [0.1, 0.15) is 5.56 Å². The number of amides is 1. The highest BCUT2D eigenvalue weighted by molar-refractivity contribution is 7.89. The second-order valence-electron chi connectivity index (χ2n) is 5.24. The van der Waals surface area contributed by atoms with Gasteiger partial charge in [0.05, 0.1) is 4.90 Å². The van der Waals surface area contributed by atoms with Crippen molar-refractivity contribution < 1.29 is 27.4 Å². The van der Waals surface area contributed by atoms with Gasteiger partial charge in [0, 0.05) is 6.54 Å². The van der Waals surface area contributed by atoms with E-state index in [0.29, 0.717) is 17.2 Å². The van der Waals surface area contributed by atoms with Crippen molar-refractivity contribution in [2.24, 2.45) is 5.73 Å². The van der Waals surface area contributed by atoms with Crippen LogP contribution >= 0.6 is 0 Å². The Morgan fingerprint density at radius 3 is 2.56 bits per heavy atom. The van der Waals surface area contributed by atoms with Crippen LogP contribution < -0.4 is 24.7 Å². The summed E-state index contributed by atoms with van der Waals surface area (Å²) in [6.07, 6.45) is 0. The zero-order valence-electron chi connectivity index (χ0n) is 13.1.